The number of para-hydroxylation sites is 1. The summed E-state index contributed by atoms with van der Waals surface area (Å²) >= 11 is 0. The second-order valence-corrected chi connectivity index (χ2v) is 3.63. The first kappa shape index (κ1) is 14.9. The number of hydrogen-bond donors (Lipinski definition) is 0. The molecule has 0 saturated heterocycles. The lowest BCUT2D eigenvalue weighted by atomic mass is 10.3. The molecule has 19 heavy (non-hydrogen) atoms. The van der Waals surface area contributed by atoms with E-state index in [1.807, 2.05) is 0 Å². The van der Waals surface area contributed by atoms with E-state index < -0.39 is 5.97 Å². The van der Waals surface area contributed by atoms with E-state index in [0.29, 0.717) is 29.4 Å². The quantitative estimate of drug-likeness (QED) is 0.450. The fourth-order valence-corrected chi connectivity index (χ4v) is 1.37. The van der Waals surface area contributed by atoms with Gasteiger partial charge in [0.25, 0.3) is 0 Å². The predicted molar refractivity (Wildman–Crippen MR) is 70.6 cm³/mol. The Morgan fingerprint density at radius 1 is 1.21 bits per heavy atom. The van der Waals surface area contributed by atoms with Gasteiger partial charge in [-0.15, -0.1) is 0 Å². The number of carbonyl (C=O) groups excluding carboxylic acids is 1. The van der Waals surface area contributed by atoms with Crippen LogP contribution in [0.2, 0.25) is 0 Å². The number of benzene rings is 1. The van der Waals surface area contributed by atoms with E-state index in [-0.39, 0.29) is 0 Å². The Balaban J connectivity index is 2.93. The molecule has 0 amide bonds. The van der Waals surface area contributed by atoms with E-state index in [9.17, 15) is 4.79 Å². The normalized spacial score (nSPS) is 10.8. The molecule has 0 spiro atoms. The number of methoxy groups -OCH3 is 2. The van der Waals surface area contributed by atoms with Gasteiger partial charge in [-0.1, -0.05) is 6.07 Å². The lowest BCUT2D eigenvalue weighted by Crippen LogP contribution is -2.06. The van der Waals surface area contributed by atoms with Crippen LogP contribution in [-0.2, 0) is 9.53 Å². The summed E-state index contributed by atoms with van der Waals surface area (Å²) in [5.74, 6) is 1.03. The Bertz CT molecular complexity index is 443. The number of hydrogen-bond acceptors (Lipinski definition) is 5. The molecule has 0 aliphatic carbocycles. The van der Waals surface area contributed by atoms with Crippen LogP contribution in [0.15, 0.2) is 30.0 Å². The Hall–Kier alpha value is -2.17. The van der Waals surface area contributed by atoms with E-state index in [2.05, 4.69) is 0 Å². The van der Waals surface area contributed by atoms with Gasteiger partial charge in [-0.3, -0.25) is 0 Å². The molecule has 0 aliphatic heterocycles. The van der Waals surface area contributed by atoms with Crippen LogP contribution in [0.1, 0.15) is 13.8 Å². The van der Waals surface area contributed by atoms with E-state index in [4.69, 9.17) is 18.9 Å². The van der Waals surface area contributed by atoms with Gasteiger partial charge in [0.05, 0.1) is 26.4 Å². The first-order chi connectivity index (χ1) is 9.13. The zero-order chi connectivity index (χ0) is 14.3. The Morgan fingerprint density at radius 2 is 1.79 bits per heavy atom. The maximum absolute atomic E-state index is 11.4. The highest BCUT2D eigenvalue weighted by atomic mass is 16.5. The van der Waals surface area contributed by atoms with Crippen LogP contribution in [-0.4, -0.2) is 26.8 Å². The molecule has 0 radical (unpaired) electrons. The zero-order valence-corrected chi connectivity index (χ0v) is 11.6. The van der Waals surface area contributed by atoms with Gasteiger partial charge >= 0.3 is 5.97 Å². The van der Waals surface area contributed by atoms with Gasteiger partial charge in [-0.05, 0) is 26.0 Å². The Labute approximate surface area is 112 Å². The minimum Gasteiger partial charge on any atom is -0.493 e. The van der Waals surface area contributed by atoms with Gasteiger partial charge in [0.1, 0.15) is 6.26 Å². The molecule has 0 atom stereocenters. The standard InChI is InChI=1S/C14H18O5/c1-5-18-14(15)10(2)9-19-13-11(16-3)7-6-8-12(13)17-4/h6-9H,5H2,1-4H3/b10-9-. The topological polar surface area (TPSA) is 54.0 Å². The number of rotatable bonds is 6. The highest BCUT2D eigenvalue weighted by Gasteiger charge is 2.12. The van der Waals surface area contributed by atoms with Crippen molar-refractivity contribution in [3.63, 3.8) is 0 Å². The first-order valence-corrected chi connectivity index (χ1v) is 5.85. The summed E-state index contributed by atoms with van der Waals surface area (Å²) in [5.41, 5.74) is 0.356. The molecular weight excluding hydrogens is 248 g/mol. The maximum Gasteiger partial charge on any atom is 0.336 e. The van der Waals surface area contributed by atoms with Crippen molar-refractivity contribution in [1.82, 2.24) is 0 Å². The molecule has 0 N–H and O–H groups in total. The summed E-state index contributed by atoms with van der Waals surface area (Å²) in [4.78, 5) is 11.4. The molecule has 0 bridgehead atoms. The highest BCUT2D eigenvalue weighted by molar-refractivity contribution is 5.87. The third-order valence-electron chi connectivity index (χ3n) is 2.33. The van der Waals surface area contributed by atoms with Crippen LogP contribution in [0, 0.1) is 0 Å². The second kappa shape index (κ2) is 7.31. The van der Waals surface area contributed by atoms with Crippen molar-refractivity contribution in [2.24, 2.45) is 0 Å². The molecule has 0 aromatic heterocycles. The van der Waals surface area contributed by atoms with Gasteiger partial charge < -0.3 is 18.9 Å². The zero-order valence-electron chi connectivity index (χ0n) is 11.6. The second-order valence-electron chi connectivity index (χ2n) is 3.63. The Morgan fingerprint density at radius 3 is 2.26 bits per heavy atom. The molecular formula is C14H18O5. The lowest BCUT2D eigenvalue weighted by molar-refractivity contribution is -0.138. The molecule has 1 rings (SSSR count). The lowest BCUT2D eigenvalue weighted by Gasteiger charge is -2.11. The van der Waals surface area contributed by atoms with Crippen LogP contribution in [0.3, 0.4) is 0 Å². The van der Waals surface area contributed by atoms with Gasteiger partial charge in [0, 0.05) is 0 Å². The summed E-state index contributed by atoms with van der Waals surface area (Å²) in [6, 6.07) is 5.27. The third-order valence-corrected chi connectivity index (χ3v) is 2.33. The molecule has 0 aliphatic rings. The summed E-state index contributed by atoms with van der Waals surface area (Å²) in [5, 5.41) is 0. The monoisotopic (exact) mass is 266 g/mol. The van der Waals surface area contributed by atoms with Crippen molar-refractivity contribution in [1.29, 1.82) is 0 Å². The van der Waals surface area contributed by atoms with Gasteiger partial charge in [0.2, 0.25) is 5.75 Å². The molecule has 0 saturated carbocycles. The van der Waals surface area contributed by atoms with Crippen molar-refractivity contribution in [3.05, 3.63) is 30.0 Å². The Kier molecular flexibility index (Phi) is 5.73. The van der Waals surface area contributed by atoms with E-state index in [1.165, 1.54) is 20.5 Å². The van der Waals surface area contributed by atoms with Crippen molar-refractivity contribution in [2.45, 2.75) is 13.8 Å². The van der Waals surface area contributed by atoms with Crippen molar-refractivity contribution < 1.29 is 23.7 Å². The minimum absolute atomic E-state index is 0.321. The van der Waals surface area contributed by atoms with Gasteiger partial charge in [-0.25, -0.2) is 4.79 Å². The van der Waals surface area contributed by atoms with E-state index in [1.54, 1.807) is 32.0 Å². The van der Waals surface area contributed by atoms with E-state index >= 15 is 0 Å². The average Bonchev–Trinajstić information content (AvgIpc) is 2.44. The average molecular weight is 266 g/mol. The van der Waals surface area contributed by atoms with Gasteiger partial charge in [0.15, 0.2) is 11.5 Å². The predicted octanol–water partition coefficient (Wildman–Crippen LogP) is 2.55. The minimum atomic E-state index is -0.420. The highest BCUT2D eigenvalue weighted by Crippen LogP contribution is 2.37. The number of carbonyl (C=O) groups is 1. The van der Waals surface area contributed by atoms with Crippen molar-refractivity contribution >= 4 is 5.97 Å². The molecule has 0 heterocycles. The third kappa shape index (κ3) is 3.91. The molecule has 0 fully saturated rings. The molecule has 104 valence electrons. The van der Waals surface area contributed by atoms with E-state index in [0.717, 1.165) is 0 Å². The fourth-order valence-electron chi connectivity index (χ4n) is 1.37. The molecule has 5 heteroatoms. The maximum atomic E-state index is 11.4. The summed E-state index contributed by atoms with van der Waals surface area (Å²) in [6.07, 6.45) is 1.32. The van der Waals surface area contributed by atoms with Crippen molar-refractivity contribution in [2.75, 3.05) is 20.8 Å². The summed E-state index contributed by atoms with van der Waals surface area (Å²) in [7, 11) is 3.06. The van der Waals surface area contributed by atoms with Crippen LogP contribution < -0.4 is 14.2 Å². The number of esters is 1. The first-order valence-electron chi connectivity index (χ1n) is 5.85. The van der Waals surface area contributed by atoms with Crippen LogP contribution in [0.25, 0.3) is 0 Å². The van der Waals surface area contributed by atoms with Crippen LogP contribution >= 0.6 is 0 Å². The summed E-state index contributed by atoms with van der Waals surface area (Å²) < 4.78 is 20.7. The molecule has 1 aromatic carbocycles. The smallest absolute Gasteiger partial charge is 0.336 e. The molecule has 1 aromatic rings. The van der Waals surface area contributed by atoms with Crippen LogP contribution in [0.5, 0.6) is 17.2 Å². The van der Waals surface area contributed by atoms with Gasteiger partial charge in [-0.2, -0.15) is 0 Å². The fraction of sp³-hybridized carbons (Fsp3) is 0.357. The van der Waals surface area contributed by atoms with Crippen LogP contribution in [0.4, 0.5) is 0 Å². The molecule has 0 unspecified atom stereocenters. The molecule has 5 nitrogen and oxygen atoms in total. The SMILES string of the molecule is CCOC(=O)/C(C)=C\Oc1c(OC)cccc1OC. The van der Waals surface area contributed by atoms with Crippen molar-refractivity contribution in [3.8, 4) is 17.2 Å². The summed E-state index contributed by atoms with van der Waals surface area (Å²) in [6.45, 7) is 3.68. The largest absolute Gasteiger partial charge is 0.493 e. The number of ether oxygens (including phenoxy) is 4.